The Bertz CT molecular complexity index is 601. The molecule has 0 unspecified atom stereocenters. The maximum Gasteiger partial charge on any atom is 0.293 e. The zero-order valence-corrected chi connectivity index (χ0v) is 13.3. The van der Waals surface area contributed by atoms with Gasteiger partial charge in [0, 0.05) is 19.2 Å². The van der Waals surface area contributed by atoms with Gasteiger partial charge in [0.2, 0.25) is 10.0 Å². The molecular formula is C13H21N3O4S. The normalized spacial score (nSPS) is 11.4. The zero-order chi connectivity index (χ0) is 16.0. The Labute approximate surface area is 125 Å². The highest BCUT2D eigenvalue weighted by atomic mass is 32.2. The summed E-state index contributed by atoms with van der Waals surface area (Å²) in [5.41, 5.74) is 0.260. The number of unbranched alkanes of at least 4 members (excludes halogenated alkanes) is 1. The minimum atomic E-state index is -3.69. The molecule has 0 aliphatic heterocycles. The number of benzene rings is 1. The van der Waals surface area contributed by atoms with E-state index in [1.807, 2.05) is 18.7 Å². The van der Waals surface area contributed by atoms with Gasteiger partial charge in [-0.25, -0.2) is 13.1 Å². The molecule has 0 saturated heterocycles. The molecule has 0 bridgehead atoms. The molecular weight excluding hydrogens is 294 g/mol. The van der Waals surface area contributed by atoms with Crippen molar-refractivity contribution in [3.63, 3.8) is 0 Å². The molecule has 0 radical (unpaired) electrons. The first kappa shape index (κ1) is 17.4. The number of nitrogens with zero attached hydrogens (tertiary/aromatic N) is 2. The summed E-state index contributed by atoms with van der Waals surface area (Å²) in [5.74, 6) is 0. The molecule has 0 saturated carbocycles. The van der Waals surface area contributed by atoms with E-state index in [4.69, 9.17) is 0 Å². The molecule has 21 heavy (non-hydrogen) atoms. The van der Waals surface area contributed by atoms with Crippen molar-refractivity contribution in [1.29, 1.82) is 0 Å². The molecule has 7 nitrogen and oxygen atoms in total. The van der Waals surface area contributed by atoms with Gasteiger partial charge in [-0.1, -0.05) is 13.3 Å². The second-order valence-corrected chi connectivity index (χ2v) is 6.43. The molecule has 1 N–H and O–H groups in total. The van der Waals surface area contributed by atoms with Crippen LogP contribution in [-0.4, -0.2) is 33.5 Å². The number of hydrogen-bond acceptors (Lipinski definition) is 5. The van der Waals surface area contributed by atoms with Crippen LogP contribution in [0.1, 0.15) is 26.7 Å². The third-order valence-electron chi connectivity index (χ3n) is 3.23. The Morgan fingerprint density at radius 1 is 1.33 bits per heavy atom. The highest BCUT2D eigenvalue weighted by Crippen LogP contribution is 2.30. The van der Waals surface area contributed by atoms with E-state index in [9.17, 15) is 18.5 Å². The molecule has 1 aromatic carbocycles. The highest BCUT2D eigenvalue weighted by molar-refractivity contribution is 7.89. The summed E-state index contributed by atoms with van der Waals surface area (Å²) in [5, 5.41) is 11.2. The van der Waals surface area contributed by atoms with Gasteiger partial charge in [-0.2, -0.15) is 0 Å². The van der Waals surface area contributed by atoms with Crippen molar-refractivity contribution >= 4 is 21.4 Å². The Balaban J connectivity index is 3.31. The van der Waals surface area contributed by atoms with Crippen molar-refractivity contribution in [2.45, 2.75) is 31.6 Å². The second kappa shape index (κ2) is 7.37. The first-order valence-electron chi connectivity index (χ1n) is 6.84. The topological polar surface area (TPSA) is 92.6 Å². The monoisotopic (exact) mass is 315 g/mol. The highest BCUT2D eigenvalue weighted by Gasteiger charge is 2.22. The summed E-state index contributed by atoms with van der Waals surface area (Å²) in [4.78, 5) is 12.5. The zero-order valence-electron chi connectivity index (χ0n) is 12.5. The first-order valence-corrected chi connectivity index (χ1v) is 8.32. The SMILES string of the molecule is CCCCN(CC)c1ccc(S(=O)(=O)NC)cc1[N+](=O)[O-]. The molecule has 118 valence electrons. The minimum Gasteiger partial charge on any atom is -0.366 e. The Morgan fingerprint density at radius 2 is 2.00 bits per heavy atom. The molecule has 0 amide bonds. The molecule has 0 atom stereocenters. The first-order chi connectivity index (χ1) is 9.87. The van der Waals surface area contributed by atoms with E-state index in [0.29, 0.717) is 18.8 Å². The van der Waals surface area contributed by atoms with E-state index in [1.54, 1.807) is 0 Å². The van der Waals surface area contributed by atoms with Gasteiger partial charge in [0.25, 0.3) is 5.69 Å². The Morgan fingerprint density at radius 3 is 2.48 bits per heavy atom. The smallest absolute Gasteiger partial charge is 0.293 e. The number of nitrogens with one attached hydrogen (secondary N) is 1. The molecule has 0 aromatic heterocycles. The summed E-state index contributed by atoms with van der Waals surface area (Å²) in [7, 11) is -2.42. The lowest BCUT2D eigenvalue weighted by molar-refractivity contribution is -0.384. The summed E-state index contributed by atoms with van der Waals surface area (Å²) in [6.45, 7) is 5.29. The molecule has 0 heterocycles. The van der Waals surface area contributed by atoms with Crippen molar-refractivity contribution in [3.05, 3.63) is 28.3 Å². The minimum absolute atomic E-state index is 0.105. The Hall–Kier alpha value is -1.67. The van der Waals surface area contributed by atoms with Crippen LogP contribution >= 0.6 is 0 Å². The quantitative estimate of drug-likeness (QED) is 0.586. The molecule has 0 spiro atoms. The van der Waals surface area contributed by atoms with Crippen LogP contribution in [0.2, 0.25) is 0 Å². The summed E-state index contributed by atoms with van der Waals surface area (Å²) < 4.78 is 25.7. The number of nitro benzene ring substituents is 1. The van der Waals surface area contributed by atoms with Crippen molar-refractivity contribution < 1.29 is 13.3 Å². The maximum absolute atomic E-state index is 11.8. The van der Waals surface area contributed by atoms with Crippen LogP contribution in [0.5, 0.6) is 0 Å². The van der Waals surface area contributed by atoms with Crippen LogP contribution in [0.4, 0.5) is 11.4 Å². The number of anilines is 1. The number of hydrogen-bond donors (Lipinski definition) is 1. The van der Waals surface area contributed by atoms with Crippen LogP contribution in [0.25, 0.3) is 0 Å². The molecule has 8 heteroatoms. The third kappa shape index (κ3) is 4.15. The van der Waals surface area contributed by atoms with Gasteiger partial charge in [-0.05, 0) is 32.5 Å². The van der Waals surface area contributed by atoms with Gasteiger partial charge < -0.3 is 4.90 Å². The molecule has 1 aromatic rings. The summed E-state index contributed by atoms with van der Waals surface area (Å²) in [6, 6.07) is 4.00. The fourth-order valence-corrected chi connectivity index (χ4v) is 2.75. The average molecular weight is 315 g/mol. The van der Waals surface area contributed by atoms with Gasteiger partial charge in [0.15, 0.2) is 0 Å². The molecule has 0 fully saturated rings. The van der Waals surface area contributed by atoms with E-state index >= 15 is 0 Å². The number of sulfonamides is 1. The fraction of sp³-hybridized carbons (Fsp3) is 0.538. The third-order valence-corrected chi connectivity index (χ3v) is 4.64. The lowest BCUT2D eigenvalue weighted by Crippen LogP contribution is -2.25. The van der Waals surface area contributed by atoms with Gasteiger partial charge in [-0.15, -0.1) is 0 Å². The lowest BCUT2D eigenvalue weighted by Gasteiger charge is -2.22. The van der Waals surface area contributed by atoms with E-state index in [2.05, 4.69) is 4.72 Å². The number of rotatable bonds is 8. The Kier molecular flexibility index (Phi) is 6.10. The van der Waals surface area contributed by atoms with Crippen LogP contribution in [0.3, 0.4) is 0 Å². The molecule has 1 rings (SSSR count). The van der Waals surface area contributed by atoms with Gasteiger partial charge >= 0.3 is 0 Å². The van der Waals surface area contributed by atoms with E-state index in [0.717, 1.165) is 18.9 Å². The molecule has 0 aliphatic carbocycles. The van der Waals surface area contributed by atoms with Crippen molar-refractivity contribution in [2.75, 3.05) is 25.0 Å². The predicted molar refractivity (Wildman–Crippen MR) is 82.1 cm³/mol. The van der Waals surface area contributed by atoms with E-state index in [-0.39, 0.29) is 10.6 Å². The van der Waals surface area contributed by atoms with Crippen LogP contribution in [0.15, 0.2) is 23.1 Å². The standard InChI is InChI=1S/C13H21N3O4S/c1-4-6-9-15(5-2)12-8-7-11(21(19,20)14-3)10-13(12)16(17)18/h7-8,10,14H,4-6,9H2,1-3H3. The van der Waals surface area contributed by atoms with Crippen molar-refractivity contribution in [3.8, 4) is 0 Å². The summed E-state index contributed by atoms with van der Waals surface area (Å²) in [6.07, 6.45) is 1.90. The molecule has 0 aliphatic rings. The summed E-state index contributed by atoms with van der Waals surface area (Å²) >= 11 is 0. The number of nitro groups is 1. The van der Waals surface area contributed by atoms with Gasteiger partial charge in [0.1, 0.15) is 5.69 Å². The van der Waals surface area contributed by atoms with Crippen LogP contribution < -0.4 is 9.62 Å². The van der Waals surface area contributed by atoms with E-state index in [1.165, 1.54) is 19.2 Å². The average Bonchev–Trinajstić information content (AvgIpc) is 2.47. The predicted octanol–water partition coefficient (Wildman–Crippen LogP) is 2.13. The second-order valence-electron chi connectivity index (χ2n) is 4.55. The largest absolute Gasteiger partial charge is 0.366 e. The maximum atomic E-state index is 11.8. The van der Waals surface area contributed by atoms with Gasteiger partial charge in [0.05, 0.1) is 9.82 Å². The van der Waals surface area contributed by atoms with Crippen molar-refractivity contribution in [2.24, 2.45) is 0 Å². The van der Waals surface area contributed by atoms with Crippen molar-refractivity contribution in [1.82, 2.24) is 4.72 Å². The van der Waals surface area contributed by atoms with Crippen LogP contribution in [-0.2, 0) is 10.0 Å². The van der Waals surface area contributed by atoms with Gasteiger partial charge in [-0.3, -0.25) is 10.1 Å². The lowest BCUT2D eigenvalue weighted by atomic mass is 10.2. The fourth-order valence-electron chi connectivity index (χ4n) is 2.00. The van der Waals surface area contributed by atoms with E-state index < -0.39 is 14.9 Å². The van der Waals surface area contributed by atoms with Crippen LogP contribution in [0, 0.1) is 10.1 Å².